The second-order valence-corrected chi connectivity index (χ2v) is 5.35. The molecule has 1 aromatic rings. The minimum atomic E-state index is -0.0803. The molecule has 1 saturated heterocycles. The lowest BCUT2D eigenvalue weighted by Gasteiger charge is -2.28. The summed E-state index contributed by atoms with van der Waals surface area (Å²) >= 11 is 0. The molecule has 6 heteroatoms. The third-order valence-corrected chi connectivity index (χ3v) is 3.77. The fourth-order valence-electron chi connectivity index (χ4n) is 2.49. The summed E-state index contributed by atoms with van der Waals surface area (Å²) in [6.45, 7) is 4.03. The summed E-state index contributed by atoms with van der Waals surface area (Å²) < 4.78 is 16.1. The molecular formula is C16H24N2O4. The maximum Gasteiger partial charge on any atom is 0.225 e. The third kappa shape index (κ3) is 4.68. The molecule has 0 unspecified atom stereocenters. The monoisotopic (exact) mass is 308 g/mol. The number of ether oxygens (including phenoxy) is 3. The van der Waals surface area contributed by atoms with E-state index in [-0.39, 0.29) is 17.9 Å². The van der Waals surface area contributed by atoms with Crippen LogP contribution in [0.4, 0.5) is 0 Å². The van der Waals surface area contributed by atoms with E-state index in [1.165, 1.54) is 0 Å². The van der Waals surface area contributed by atoms with E-state index < -0.39 is 0 Å². The van der Waals surface area contributed by atoms with Gasteiger partial charge in [0.15, 0.2) is 0 Å². The molecule has 1 N–H and O–H groups in total. The van der Waals surface area contributed by atoms with Crippen LogP contribution in [0, 0.1) is 5.92 Å². The standard InChI is InChI=1S/C16H24N2O4/c1-12-14(6-4-8-21-12)15(19)18-11-13-5-3-7-17-16(13)22-10-9-20-2/h3,5,7,12,14H,4,6,8-11H2,1-2H3,(H,18,19)/t12-,14+/m0/s1. The van der Waals surface area contributed by atoms with Gasteiger partial charge in [-0.3, -0.25) is 4.79 Å². The van der Waals surface area contributed by atoms with Crippen LogP contribution in [-0.4, -0.2) is 43.9 Å². The van der Waals surface area contributed by atoms with Gasteiger partial charge in [0.2, 0.25) is 11.8 Å². The van der Waals surface area contributed by atoms with Crippen molar-refractivity contribution in [1.82, 2.24) is 10.3 Å². The molecule has 0 radical (unpaired) electrons. The van der Waals surface area contributed by atoms with Crippen LogP contribution < -0.4 is 10.1 Å². The van der Waals surface area contributed by atoms with Crippen LogP contribution in [0.15, 0.2) is 18.3 Å². The lowest BCUT2D eigenvalue weighted by atomic mass is 9.94. The van der Waals surface area contributed by atoms with E-state index in [9.17, 15) is 4.79 Å². The van der Waals surface area contributed by atoms with E-state index in [0.717, 1.165) is 25.0 Å². The number of amides is 1. The molecule has 0 bridgehead atoms. The molecule has 2 atom stereocenters. The first kappa shape index (κ1) is 16.7. The molecule has 22 heavy (non-hydrogen) atoms. The Morgan fingerprint density at radius 2 is 2.36 bits per heavy atom. The van der Waals surface area contributed by atoms with E-state index >= 15 is 0 Å². The highest BCUT2D eigenvalue weighted by atomic mass is 16.5. The van der Waals surface area contributed by atoms with Gasteiger partial charge in [-0.1, -0.05) is 6.07 Å². The number of carbonyl (C=O) groups is 1. The highest BCUT2D eigenvalue weighted by molar-refractivity contribution is 5.79. The van der Waals surface area contributed by atoms with Gasteiger partial charge in [-0.2, -0.15) is 0 Å². The summed E-state index contributed by atoms with van der Waals surface area (Å²) in [5.41, 5.74) is 0.858. The van der Waals surface area contributed by atoms with E-state index in [1.807, 2.05) is 19.1 Å². The molecule has 1 aromatic heterocycles. The minimum absolute atomic E-state index is 0.0268. The van der Waals surface area contributed by atoms with Crippen molar-refractivity contribution in [3.8, 4) is 5.88 Å². The van der Waals surface area contributed by atoms with Crippen molar-refractivity contribution in [2.75, 3.05) is 26.9 Å². The lowest BCUT2D eigenvalue weighted by Crippen LogP contribution is -2.40. The number of carbonyl (C=O) groups excluding carboxylic acids is 1. The summed E-state index contributed by atoms with van der Waals surface area (Å²) in [5, 5.41) is 2.96. The van der Waals surface area contributed by atoms with Crippen molar-refractivity contribution in [3.05, 3.63) is 23.9 Å². The Balaban J connectivity index is 1.89. The first-order chi connectivity index (χ1) is 10.7. The number of nitrogens with one attached hydrogen (secondary N) is 1. The first-order valence-electron chi connectivity index (χ1n) is 7.67. The smallest absolute Gasteiger partial charge is 0.225 e. The van der Waals surface area contributed by atoms with Crippen LogP contribution in [0.1, 0.15) is 25.3 Å². The van der Waals surface area contributed by atoms with Crippen molar-refractivity contribution in [1.29, 1.82) is 0 Å². The molecule has 122 valence electrons. The van der Waals surface area contributed by atoms with Crippen molar-refractivity contribution in [2.45, 2.75) is 32.4 Å². The van der Waals surface area contributed by atoms with Crippen LogP contribution in [-0.2, 0) is 20.8 Å². The summed E-state index contributed by atoms with van der Waals surface area (Å²) in [6.07, 6.45) is 3.45. The SMILES string of the molecule is COCCOc1ncccc1CNC(=O)[C@@H]1CCCO[C@H]1C. The Labute approximate surface area is 131 Å². The fraction of sp³-hybridized carbons (Fsp3) is 0.625. The number of hydrogen-bond donors (Lipinski definition) is 1. The Kier molecular flexibility index (Phi) is 6.61. The van der Waals surface area contributed by atoms with E-state index in [0.29, 0.717) is 25.6 Å². The molecule has 1 fully saturated rings. The van der Waals surface area contributed by atoms with Crippen molar-refractivity contribution >= 4 is 5.91 Å². The zero-order valence-electron chi connectivity index (χ0n) is 13.2. The van der Waals surface area contributed by atoms with E-state index in [4.69, 9.17) is 14.2 Å². The number of hydrogen-bond acceptors (Lipinski definition) is 5. The van der Waals surface area contributed by atoms with E-state index in [2.05, 4.69) is 10.3 Å². The topological polar surface area (TPSA) is 69.7 Å². The maximum atomic E-state index is 12.3. The zero-order chi connectivity index (χ0) is 15.8. The third-order valence-electron chi connectivity index (χ3n) is 3.77. The molecule has 6 nitrogen and oxygen atoms in total. The summed E-state index contributed by atoms with van der Waals surface area (Å²) in [5.74, 6) is 0.481. The van der Waals surface area contributed by atoms with Crippen LogP contribution in [0.3, 0.4) is 0 Å². The molecule has 1 aliphatic rings. The number of methoxy groups -OCH3 is 1. The minimum Gasteiger partial charge on any atom is -0.475 e. The quantitative estimate of drug-likeness (QED) is 0.774. The highest BCUT2D eigenvalue weighted by Crippen LogP contribution is 2.21. The van der Waals surface area contributed by atoms with Gasteiger partial charge in [0.25, 0.3) is 0 Å². The van der Waals surface area contributed by atoms with Crippen molar-refractivity contribution in [3.63, 3.8) is 0 Å². The first-order valence-corrected chi connectivity index (χ1v) is 7.67. The van der Waals surface area contributed by atoms with Gasteiger partial charge in [0.1, 0.15) is 6.61 Å². The number of rotatable bonds is 7. The van der Waals surface area contributed by atoms with Crippen LogP contribution >= 0.6 is 0 Å². The average molecular weight is 308 g/mol. The average Bonchev–Trinajstić information content (AvgIpc) is 2.54. The Bertz CT molecular complexity index is 481. The highest BCUT2D eigenvalue weighted by Gasteiger charge is 2.28. The Hall–Kier alpha value is -1.66. The zero-order valence-corrected chi connectivity index (χ0v) is 13.2. The number of pyridine rings is 1. The van der Waals surface area contributed by atoms with Gasteiger partial charge >= 0.3 is 0 Å². The molecular weight excluding hydrogens is 284 g/mol. The Morgan fingerprint density at radius 3 is 3.14 bits per heavy atom. The van der Waals surface area contributed by atoms with Crippen molar-refractivity contribution < 1.29 is 19.0 Å². The molecule has 2 heterocycles. The van der Waals surface area contributed by atoms with Gasteiger partial charge in [-0.05, 0) is 25.8 Å². The molecule has 0 saturated carbocycles. The van der Waals surface area contributed by atoms with Gasteiger partial charge in [0, 0.05) is 32.0 Å². The van der Waals surface area contributed by atoms with Crippen LogP contribution in [0.2, 0.25) is 0 Å². The second-order valence-electron chi connectivity index (χ2n) is 5.35. The number of nitrogens with zero attached hydrogens (tertiary/aromatic N) is 1. The van der Waals surface area contributed by atoms with Gasteiger partial charge < -0.3 is 19.5 Å². The fourth-order valence-corrected chi connectivity index (χ4v) is 2.49. The summed E-state index contributed by atoms with van der Waals surface area (Å²) in [4.78, 5) is 16.5. The van der Waals surface area contributed by atoms with Crippen LogP contribution in [0.5, 0.6) is 5.88 Å². The van der Waals surface area contributed by atoms with Crippen molar-refractivity contribution in [2.24, 2.45) is 5.92 Å². The maximum absolute atomic E-state index is 12.3. The molecule has 1 aliphatic heterocycles. The Morgan fingerprint density at radius 1 is 1.50 bits per heavy atom. The predicted octanol–water partition coefficient (Wildman–Crippen LogP) is 1.54. The van der Waals surface area contributed by atoms with Crippen LogP contribution in [0.25, 0.3) is 0 Å². The number of aromatic nitrogens is 1. The molecule has 0 aromatic carbocycles. The molecule has 0 spiro atoms. The summed E-state index contributed by atoms with van der Waals surface area (Å²) in [6, 6.07) is 3.73. The van der Waals surface area contributed by atoms with E-state index in [1.54, 1.807) is 13.3 Å². The largest absolute Gasteiger partial charge is 0.475 e. The predicted molar refractivity (Wildman–Crippen MR) is 81.6 cm³/mol. The van der Waals surface area contributed by atoms with Gasteiger partial charge in [-0.25, -0.2) is 4.98 Å². The van der Waals surface area contributed by atoms with Gasteiger partial charge in [-0.15, -0.1) is 0 Å². The molecule has 1 amide bonds. The molecule has 2 rings (SSSR count). The lowest BCUT2D eigenvalue weighted by molar-refractivity contribution is -0.133. The van der Waals surface area contributed by atoms with Gasteiger partial charge in [0.05, 0.1) is 18.6 Å². The normalized spacial score (nSPS) is 21.4. The second kappa shape index (κ2) is 8.70. The summed E-state index contributed by atoms with van der Waals surface area (Å²) in [7, 11) is 1.62. The molecule has 0 aliphatic carbocycles.